The fourth-order valence-electron chi connectivity index (χ4n) is 2.99. The summed E-state index contributed by atoms with van der Waals surface area (Å²) in [5, 5.41) is 4.70. The summed E-state index contributed by atoms with van der Waals surface area (Å²) in [6.45, 7) is 3.77. The molecule has 1 amide bonds. The van der Waals surface area contributed by atoms with Gasteiger partial charge in [-0.3, -0.25) is 14.3 Å². The Bertz CT molecular complexity index is 1200. The highest BCUT2D eigenvalue weighted by molar-refractivity contribution is 7.92. The van der Waals surface area contributed by atoms with E-state index in [1.54, 1.807) is 18.2 Å². The van der Waals surface area contributed by atoms with Gasteiger partial charge in [0, 0.05) is 16.1 Å². The van der Waals surface area contributed by atoms with Crippen molar-refractivity contribution in [2.75, 3.05) is 11.8 Å². The van der Waals surface area contributed by atoms with E-state index in [4.69, 9.17) is 4.74 Å². The van der Waals surface area contributed by atoms with E-state index in [-0.39, 0.29) is 17.2 Å². The van der Waals surface area contributed by atoms with Crippen LogP contribution in [0.3, 0.4) is 0 Å². The standard InChI is InChI=1S/C23H24N2O5S2/c1-15-6-11-19(13-16(15)2)32(28,29)25-18-9-7-17(8-10-18)23(27)24-20(14-22(26)30-3)21-5-4-12-31-21/h4-13,20,25H,14H2,1-3H3,(H,24,27). The van der Waals surface area contributed by atoms with Gasteiger partial charge in [-0.25, -0.2) is 8.42 Å². The van der Waals surface area contributed by atoms with Gasteiger partial charge in [0.2, 0.25) is 0 Å². The summed E-state index contributed by atoms with van der Waals surface area (Å²) < 4.78 is 32.6. The Balaban J connectivity index is 1.72. The number of methoxy groups -OCH3 is 1. The number of sulfonamides is 1. The molecule has 1 unspecified atom stereocenters. The largest absolute Gasteiger partial charge is 0.469 e. The first-order valence-electron chi connectivity index (χ1n) is 9.81. The van der Waals surface area contributed by atoms with E-state index in [9.17, 15) is 18.0 Å². The number of nitrogens with one attached hydrogen (secondary N) is 2. The Hall–Kier alpha value is -3.17. The molecule has 1 aromatic heterocycles. The van der Waals surface area contributed by atoms with Crippen LogP contribution in [0.4, 0.5) is 5.69 Å². The molecule has 7 nitrogen and oxygen atoms in total. The van der Waals surface area contributed by atoms with Crippen molar-refractivity contribution >= 4 is 38.9 Å². The lowest BCUT2D eigenvalue weighted by atomic mass is 10.1. The van der Waals surface area contributed by atoms with Gasteiger partial charge in [-0.2, -0.15) is 0 Å². The van der Waals surface area contributed by atoms with Gasteiger partial charge in [0.05, 0.1) is 24.5 Å². The molecule has 1 heterocycles. The molecule has 0 aliphatic heterocycles. The van der Waals surface area contributed by atoms with Crippen molar-refractivity contribution in [3.8, 4) is 0 Å². The number of hydrogen-bond acceptors (Lipinski definition) is 6. The number of rotatable bonds is 8. The maximum absolute atomic E-state index is 12.7. The number of aryl methyl sites for hydroxylation is 2. The van der Waals surface area contributed by atoms with E-state index in [0.29, 0.717) is 11.3 Å². The highest BCUT2D eigenvalue weighted by Gasteiger charge is 2.21. The first-order chi connectivity index (χ1) is 15.2. The predicted molar refractivity (Wildman–Crippen MR) is 124 cm³/mol. The maximum atomic E-state index is 12.7. The van der Waals surface area contributed by atoms with E-state index in [0.717, 1.165) is 16.0 Å². The molecule has 0 spiro atoms. The van der Waals surface area contributed by atoms with Gasteiger partial charge in [-0.1, -0.05) is 12.1 Å². The normalized spacial score (nSPS) is 12.1. The number of carbonyl (C=O) groups is 2. The number of esters is 1. The smallest absolute Gasteiger partial charge is 0.307 e. The van der Waals surface area contributed by atoms with Crippen molar-refractivity contribution in [2.45, 2.75) is 31.2 Å². The molecular formula is C23H24N2O5S2. The number of ether oxygens (including phenoxy) is 1. The van der Waals surface area contributed by atoms with Gasteiger partial charge < -0.3 is 10.1 Å². The van der Waals surface area contributed by atoms with Crippen LogP contribution in [0.25, 0.3) is 0 Å². The molecular weight excluding hydrogens is 448 g/mol. The van der Waals surface area contributed by atoms with Crippen LogP contribution < -0.4 is 10.0 Å². The Kier molecular flexibility index (Phi) is 7.32. The van der Waals surface area contributed by atoms with E-state index >= 15 is 0 Å². The molecule has 1 atom stereocenters. The van der Waals surface area contributed by atoms with Crippen LogP contribution in [-0.2, 0) is 19.6 Å². The van der Waals surface area contributed by atoms with Crippen molar-refractivity contribution < 1.29 is 22.7 Å². The average molecular weight is 473 g/mol. The van der Waals surface area contributed by atoms with E-state index in [1.807, 2.05) is 31.4 Å². The zero-order valence-electron chi connectivity index (χ0n) is 17.9. The molecule has 2 aromatic carbocycles. The molecule has 3 aromatic rings. The van der Waals surface area contributed by atoms with E-state index in [2.05, 4.69) is 10.0 Å². The molecule has 3 rings (SSSR count). The Morgan fingerprint density at radius 2 is 1.75 bits per heavy atom. The molecule has 0 bridgehead atoms. The quantitative estimate of drug-likeness (QED) is 0.479. The summed E-state index contributed by atoms with van der Waals surface area (Å²) in [6, 6.07) is 14.2. The molecule has 0 saturated carbocycles. The van der Waals surface area contributed by atoms with E-state index < -0.39 is 22.0 Å². The van der Waals surface area contributed by atoms with Crippen LogP contribution in [0.5, 0.6) is 0 Å². The molecule has 0 aliphatic carbocycles. The lowest BCUT2D eigenvalue weighted by Gasteiger charge is -2.16. The Morgan fingerprint density at radius 3 is 2.34 bits per heavy atom. The zero-order valence-corrected chi connectivity index (χ0v) is 19.5. The van der Waals surface area contributed by atoms with Crippen LogP contribution in [-0.4, -0.2) is 27.4 Å². The zero-order chi connectivity index (χ0) is 23.3. The molecule has 0 fully saturated rings. The maximum Gasteiger partial charge on any atom is 0.307 e. The Morgan fingerprint density at radius 1 is 1.03 bits per heavy atom. The van der Waals surface area contributed by atoms with Crippen molar-refractivity contribution in [1.29, 1.82) is 0 Å². The first-order valence-corrected chi connectivity index (χ1v) is 12.2. The predicted octanol–water partition coefficient (Wildman–Crippen LogP) is 4.20. The number of thiophene rings is 1. The van der Waals surface area contributed by atoms with Crippen molar-refractivity contribution in [3.63, 3.8) is 0 Å². The molecule has 0 radical (unpaired) electrons. The number of benzene rings is 2. The van der Waals surface area contributed by atoms with Crippen LogP contribution in [0, 0.1) is 13.8 Å². The van der Waals surface area contributed by atoms with Crippen LogP contribution in [0.1, 0.15) is 38.8 Å². The van der Waals surface area contributed by atoms with Crippen LogP contribution in [0.2, 0.25) is 0 Å². The lowest BCUT2D eigenvalue weighted by Crippen LogP contribution is -2.30. The highest BCUT2D eigenvalue weighted by atomic mass is 32.2. The minimum Gasteiger partial charge on any atom is -0.469 e. The van der Waals surface area contributed by atoms with Gasteiger partial charge in [0.15, 0.2) is 0 Å². The molecule has 0 aliphatic rings. The highest BCUT2D eigenvalue weighted by Crippen LogP contribution is 2.24. The first kappa shape index (κ1) is 23.5. The minimum atomic E-state index is -3.75. The van der Waals surface area contributed by atoms with Gasteiger partial charge in [-0.15, -0.1) is 11.3 Å². The number of carbonyl (C=O) groups excluding carboxylic acids is 2. The van der Waals surface area contributed by atoms with Gasteiger partial charge in [0.25, 0.3) is 15.9 Å². The minimum absolute atomic E-state index is 0.0105. The fourth-order valence-corrected chi connectivity index (χ4v) is 4.91. The topological polar surface area (TPSA) is 102 Å². The second-order valence-corrected chi connectivity index (χ2v) is 9.91. The summed E-state index contributed by atoms with van der Waals surface area (Å²) in [5.41, 5.74) is 2.56. The SMILES string of the molecule is COC(=O)CC(NC(=O)c1ccc(NS(=O)(=O)c2ccc(C)c(C)c2)cc1)c1cccs1. The average Bonchev–Trinajstić information content (AvgIpc) is 3.30. The van der Waals surface area contributed by atoms with Crippen molar-refractivity contribution in [1.82, 2.24) is 5.32 Å². The van der Waals surface area contributed by atoms with Crippen LogP contribution in [0.15, 0.2) is 64.9 Å². The number of anilines is 1. The summed E-state index contributed by atoms with van der Waals surface area (Å²) in [6.07, 6.45) is 0.0105. The fraction of sp³-hybridized carbons (Fsp3) is 0.217. The third-order valence-electron chi connectivity index (χ3n) is 4.98. The van der Waals surface area contributed by atoms with Gasteiger partial charge in [-0.05, 0) is 72.8 Å². The van der Waals surface area contributed by atoms with Crippen molar-refractivity contribution in [3.05, 3.63) is 81.5 Å². The number of hydrogen-bond donors (Lipinski definition) is 2. The second kappa shape index (κ2) is 9.97. The third kappa shape index (κ3) is 5.74. The lowest BCUT2D eigenvalue weighted by molar-refractivity contribution is -0.141. The van der Waals surface area contributed by atoms with Gasteiger partial charge >= 0.3 is 5.97 Å². The molecule has 168 valence electrons. The van der Waals surface area contributed by atoms with Crippen molar-refractivity contribution in [2.24, 2.45) is 0 Å². The van der Waals surface area contributed by atoms with Crippen LogP contribution >= 0.6 is 11.3 Å². The molecule has 2 N–H and O–H groups in total. The summed E-state index contributed by atoms with van der Waals surface area (Å²) >= 11 is 1.43. The summed E-state index contributed by atoms with van der Waals surface area (Å²) in [7, 11) is -2.45. The monoisotopic (exact) mass is 472 g/mol. The molecule has 0 saturated heterocycles. The third-order valence-corrected chi connectivity index (χ3v) is 7.34. The molecule has 32 heavy (non-hydrogen) atoms. The summed E-state index contributed by atoms with van der Waals surface area (Å²) in [5.74, 6) is -0.810. The van der Waals surface area contributed by atoms with Gasteiger partial charge in [0.1, 0.15) is 0 Å². The number of amides is 1. The Labute approximate surface area is 191 Å². The second-order valence-electron chi connectivity index (χ2n) is 7.25. The summed E-state index contributed by atoms with van der Waals surface area (Å²) in [4.78, 5) is 25.5. The van der Waals surface area contributed by atoms with E-state index in [1.165, 1.54) is 42.7 Å². The molecule has 9 heteroatoms.